The predicted octanol–water partition coefficient (Wildman–Crippen LogP) is 1.60. The van der Waals surface area contributed by atoms with Crippen LogP contribution < -0.4 is 0 Å². The highest BCUT2D eigenvalue weighted by Crippen LogP contribution is 2.31. The molecule has 3 heterocycles. The van der Waals surface area contributed by atoms with Crippen LogP contribution in [0.1, 0.15) is 36.0 Å². The topological polar surface area (TPSA) is 60.9 Å². The fraction of sp³-hybridized carbons (Fsp3) is 0.533. The largest absolute Gasteiger partial charge is 0.347 e. The molecule has 2 aromatic heterocycles. The van der Waals surface area contributed by atoms with Crippen LogP contribution in [0.2, 0.25) is 0 Å². The van der Waals surface area contributed by atoms with Crippen LogP contribution in [-0.2, 0) is 13.1 Å². The molecule has 1 N–H and O–H groups in total. The minimum atomic E-state index is 0.364. The molecule has 1 aliphatic rings. The van der Waals surface area contributed by atoms with E-state index in [9.17, 15) is 0 Å². The molecular formula is C15H22N6. The summed E-state index contributed by atoms with van der Waals surface area (Å²) in [5.74, 6) is 0. The van der Waals surface area contributed by atoms with Gasteiger partial charge in [-0.1, -0.05) is 0 Å². The average Bonchev–Trinajstić information content (AvgIpc) is 3.10. The summed E-state index contributed by atoms with van der Waals surface area (Å²) >= 11 is 0. The SMILES string of the molecule is CN(C)Cc1cncc([C@H]2CCCN2Cc2cnc[nH]2)n1. The molecule has 0 aromatic carbocycles. The predicted molar refractivity (Wildman–Crippen MR) is 80.4 cm³/mol. The average molecular weight is 286 g/mol. The lowest BCUT2D eigenvalue weighted by atomic mass is 10.1. The van der Waals surface area contributed by atoms with Gasteiger partial charge in [-0.15, -0.1) is 0 Å². The summed E-state index contributed by atoms with van der Waals surface area (Å²) in [6.45, 7) is 2.82. The lowest BCUT2D eigenvalue weighted by Crippen LogP contribution is -2.24. The van der Waals surface area contributed by atoms with E-state index in [-0.39, 0.29) is 0 Å². The molecule has 6 nitrogen and oxygen atoms in total. The minimum absolute atomic E-state index is 0.364. The molecule has 0 saturated carbocycles. The van der Waals surface area contributed by atoms with Crippen molar-refractivity contribution in [3.8, 4) is 0 Å². The van der Waals surface area contributed by atoms with Gasteiger partial charge in [0.2, 0.25) is 0 Å². The quantitative estimate of drug-likeness (QED) is 0.904. The van der Waals surface area contributed by atoms with Crippen LogP contribution in [0.3, 0.4) is 0 Å². The van der Waals surface area contributed by atoms with Gasteiger partial charge >= 0.3 is 0 Å². The third kappa shape index (κ3) is 3.46. The second-order valence-electron chi connectivity index (χ2n) is 5.88. The summed E-state index contributed by atoms with van der Waals surface area (Å²) in [5, 5.41) is 0. The molecule has 1 saturated heterocycles. The van der Waals surface area contributed by atoms with E-state index in [2.05, 4.69) is 38.8 Å². The highest BCUT2D eigenvalue weighted by Gasteiger charge is 2.27. The number of nitrogens with zero attached hydrogens (tertiary/aromatic N) is 5. The van der Waals surface area contributed by atoms with Crippen molar-refractivity contribution in [2.45, 2.75) is 32.0 Å². The monoisotopic (exact) mass is 286 g/mol. The van der Waals surface area contributed by atoms with Gasteiger partial charge in [-0.3, -0.25) is 14.9 Å². The molecule has 2 aromatic rings. The Hall–Kier alpha value is -1.79. The molecule has 0 unspecified atom stereocenters. The summed E-state index contributed by atoms with van der Waals surface area (Å²) in [5.41, 5.74) is 3.27. The maximum atomic E-state index is 4.80. The Bertz CT molecular complexity index is 565. The third-order valence-corrected chi connectivity index (χ3v) is 3.81. The number of aromatic nitrogens is 4. The van der Waals surface area contributed by atoms with Gasteiger partial charge < -0.3 is 9.88 Å². The normalized spacial score (nSPS) is 19.5. The van der Waals surface area contributed by atoms with Gasteiger partial charge in [-0.05, 0) is 33.5 Å². The Labute approximate surface area is 125 Å². The molecule has 0 bridgehead atoms. The number of imidazole rings is 1. The van der Waals surface area contributed by atoms with Crippen LogP contribution in [0.5, 0.6) is 0 Å². The molecule has 21 heavy (non-hydrogen) atoms. The van der Waals surface area contributed by atoms with Crippen LogP contribution in [-0.4, -0.2) is 50.4 Å². The lowest BCUT2D eigenvalue weighted by Gasteiger charge is -2.23. The maximum Gasteiger partial charge on any atom is 0.0922 e. The van der Waals surface area contributed by atoms with Crippen LogP contribution in [0.15, 0.2) is 24.9 Å². The van der Waals surface area contributed by atoms with Crippen molar-refractivity contribution < 1.29 is 0 Å². The van der Waals surface area contributed by atoms with E-state index in [4.69, 9.17) is 4.98 Å². The van der Waals surface area contributed by atoms with Crippen molar-refractivity contribution in [3.63, 3.8) is 0 Å². The standard InChI is InChI=1S/C15H22N6/c1-20(2)9-13-7-16-8-14(19-13)15-4-3-5-21(15)10-12-6-17-11-18-12/h6-8,11,15H,3-5,9-10H2,1-2H3,(H,17,18)/t15-/m1/s1. The lowest BCUT2D eigenvalue weighted by molar-refractivity contribution is 0.240. The zero-order chi connectivity index (χ0) is 14.7. The van der Waals surface area contributed by atoms with Crippen molar-refractivity contribution in [1.82, 2.24) is 29.7 Å². The second kappa shape index (κ2) is 6.32. The fourth-order valence-electron chi connectivity index (χ4n) is 2.92. The van der Waals surface area contributed by atoms with E-state index in [1.54, 1.807) is 6.33 Å². The Balaban J connectivity index is 1.75. The molecule has 112 valence electrons. The van der Waals surface area contributed by atoms with E-state index in [0.717, 1.165) is 43.1 Å². The van der Waals surface area contributed by atoms with Gasteiger partial charge in [0, 0.05) is 37.4 Å². The van der Waals surface area contributed by atoms with Gasteiger partial charge in [0.15, 0.2) is 0 Å². The first-order chi connectivity index (χ1) is 10.2. The molecular weight excluding hydrogens is 264 g/mol. The van der Waals surface area contributed by atoms with Gasteiger partial charge in [0.05, 0.1) is 23.8 Å². The Morgan fingerprint density at radius 3 is 2.95 bits per heavy atom. The van der Waals surface area contributed by atoms with E-state index in [1.165, 1.54) is 6.42 Å². The molecule has 3 rings (SSSR count). The van der Waals surface area contributed by atoms with Crippen LogP contribution in [0.25, 0.3) is 0 Å². The van der Waals surface area contributed by atoms with Gasteiger partial charge in [-0.2, -0.15) is 0 Å². The van der Waals surface area contributed by atoms with Crippen molar-refractivity contribution in [2.24, 2.45) is 0 Å². The van der Waals surface area contributed by atoms with Gasteiger partial charge in [0.25, 0.3) is 0 Å². The molecule has 0 amide bonds. The molecule has 6 heteroatoms. The zero-order valence-corrected chi connectivity index (χ0v) is 12.7. The van der Waals surface area contributed by atoms with Crippen LogP contribution in [0.4, 0.5) is 0 Å². The van der Waals surface area contributed by atoms with E-state index in [1.807, 2.05) is 18.6 Å². The number of likely N-dealkylation sites (tertiary alicyclic amines) is 1. The second-order valence-corrected chi connectivity index (χ2v) is 5.88. The first-order valence-electron chi connectivity index (χ1n) is 7.39. The van der Waals surface area contributed by atoms with Gasteiger partial charge in [0.1, 0.15) is 0 Å². The fourth-order valence-corrected chi connectivity index (χ4v) is 2.92. The summed E-state index contributed by atoms with van der Waals surface area (Å²) in [6.07, 6.45) is 9.75. The summed E-state index contributed by atoms with van der Waals surface area (Å²) in [4.78, 5) is 21.0. The third-order valence-electron chi connectivity index (χ3n) is 3.81. The van der Waals surface area contributed by atoms with Gasteiger partial charge in [-0.25, -0.2) is 4.98 Å². The molecule has 1 fully saturated rings. The Morgan fingerprint density at radius 2 is 2.19 bits per heavy atom. The number of rotatable bonds is 5. The Morgan fingerprint density at radius 1 is 1.29 bits per heavy atom. The molecule has 0 spiro atoms. The van der Waals surface area contributed by atoms with Crippen molar-refractivity contribution in [2.75, 3.05) is 20.6 Å². The Kier molecular flexibility index (Phi) is 4.26. The highest BCUT2D eigenvalue weighted by atomic mass is 15.2. The molecule has 0 aliphatic carbocycles. The number of nitrogens with one attached hydrogen (secondary N) is 1. The van der Waals surface area contributed by atoms with Crippen molar-refractivity contribution in [3.05, 3.63) is 42.0 Å². The van der Waals surface area contributed by atoms with Crippen LogP contribution >= 0.6 is 0 Å². The maximum absolute atomic E-state index is 4.80. The highest BCUT2D eigenvalue weighted by molar-refractivity contribution is 5.10. The minimum Gasteiger partial charge on any atom is -0.347 e. The first-order valence-corrected chi connectivity index (χ1v) is 7.39. The van der Waals surface area contributed by atoms with Crippen molar-refractivity contribution >= 4 is 0 Å². The summed E-state index contributed by atoms with van der Waals surface area (Å²) < 4.78 is 0. The molecule has 1 atom stereocenters. The summed E-state index contributed by atoms with van der Waals surface area (Å²) in [6, 6.07) is 0.364. The molecule has 0 radical (unpaired) electrons. The number of hydrogen-bond donors (Lipinski definition) is 1. The van der Waals surface area contributed by atoms with E-state index in [0.29, 0.717) is 6.04 Å². The first kappa shape index (κ1) is 14.2. The number of aromatic amines is 1. The molecule has 1 aliphatic heterocycles. The van der Waals surface area contributed by atoms with E-state index < -0.39 is 0 Å². The summed E-state index contributed by atoms with van der Waals surface area (Å²) in [7, 11) is 4.10. The van der Waals surface area contributed by atoms with E-state index >= 15 is 0 Å². The number of hydrogen-bond acceptors (Lipinski definition) is 5. The van der Waals surface area contributed by atoms with Crippen molar-refractivity contribution in [1.29, 1.82) is 0 Å². The smallest absolute Gasteiger partial charge is 0.0922 e. The van der Waals surface area contributed by atoms with Crippen LogP contribution in [0, 0.1) is 0 Å². The zero-order valence-electron chi connectivity index (χ0n) is 12.7. The number of H-pyrrole nitrogens is 1.